The number of carbonyl (C=O) groups excluding carboxylic acids is 1. The van der Waals surface area contributed by atoms with Crippen LogP contribution >= 0.6 is 0 Å². The van der Waals surface area contributed by atoms with Gasteiger partial charge >= 0.3 is 0 Å². The Bertz CT molecular complexity index is 916. The molecule has 1 aromatic carbocycles. The number of nitrogens with zero attached hydrogens (tertiary/aromatic N) is 6. The summed E-state index contributed by atoms with van der Waals surface area (Å²) in [6.07, 6.45) is 6.86. The summed E-state index contributed by atoms with van der Waals surface area (Å²) in [7, 11) is 0. The van der Waals surface area contributed by atoms with Gasteiger partial charge in [-0.25, -0.2) is 4.68 Å². The van der Waals surface area contributed by atoms with Crippen LogP contribution in [-0.4, -0.2) is 61.4 Å². The Morgan fingerprint density at radius 1 is 1.07 bits per heavy atom. The number of benzene rings is 1. The van der Waals surface area contributed by atoms with E-state index in [4.69, 9.17) is 0 Å². The molecule has 1 amide bonds. The molecule has 1 fully saturated rings. The van der Waals surface area contributed by atoms with Crippen LogP contribution in [0.25, 0.3) is 5.69 Å². The van der Waals surface area contributed by atoms with Gasteiger partial charge < -0.3 is 4.90 Å². The lowest BCUT2D eigenvalue weighted by molar-refractivity contribution is -0.131. The first-order chi connectivity index (χ1) is 13.7. The molecule has 4 rings (SSSR count). The van der Waals surface area contributed by atoms with Crippen LogP contribution in [0.5, 0.6) is 0 Å². The minimum absolute atomic E-state index is 0.141. The topological polar surface area (TPSA) is 59.2 Å². The first kappa shape index (κ1) is 18.4. The molecule has 1 aliphatic rings. The zero-order valence-corrected chi connectivity index (χ0v) is 16.2. The van der Waals surface area contributed by atoms with E-state index in [1.807, 2.05) is 65.3 Å². The molecule has 0 unspecified atom stereocenters. The first-order valence-corrected chi connectivity index (χ1v) is 9.76. The first-order valence-electron chi connectivity index (χ1n) is 9.76. The van der Waals surface area contributed by atoms with Gasteiger partial charge in [-0.1, -0.05) is 18.2 Å². The van der Waals surface area contributed by atoms with Gasteiger partial charge in [-0.2, -0.15) is 10.2 Å². The van der Waals surface area contributed by atoms with E-state index in [9.17, 15) is 4.79 Å². The number of amides is 1. The molecule has 0 atom stereocenters. The van der Waals surface area contributed by atoms with E-state index in [2.05, 4.69) is 21.3 Å². The second kappa shape index (κ2) is 8.39. The average Bonchev–Trinajstić information content (AvgIpc) is 3.26. The minimum Gasteiger partial charge on any atom is -0.340 e. The van der Waals surface area contributed by atoms with Crippen LogP contribution in [0.3, 0.4) is 0 Å². The number of carbonyl (C=O) groups is 1. The molecule has 0 bridgehead atoms. The van der Waals surface area contributed by atoms with Crippen LogP contribution in [0, 0.1) is 6.92 Å². The highest BCUT2D eigenvalue weighted by molar-refractivity contribution is 5.75. The van der Waals surface area contributed by atoms with Gasteiger partial charge in [-0.05, 0) is 31.5 Å². The fourth-order valence-electron chi connectivity index (χ4n) is 3.59. The van der Waals surface area contributed by atoms with E-state index in [0.29, 0.717) is 6.54 Å². The highest BCUT2D eigenvalue weighted by Gasteiger charge is 2.20. The Morgan fingerprint density at radius 3 is 2.71 bits per heavy atom. The monoisotopic (exact) mass is 378 g/mol. The molecule has 1 saturated heterocycles. The van der Waals surface area contributed by atoms with Crippen LogP contribution in [-0.2, 0) is 17.9 Å². The standard InChI is InChI=1S/C21H26N6O/c1-18-8-11-26(23-18)17-21(28)25-10-5-9-24(12-13-25)15-19-14-22-27(16-19)20-6-3-2-4-7-20/h2-4,6-8,11,14,16H,5,9-10,12-13,15,17H2,1H3. The fourth-order valence-corrected chi connectivity index (χ4v) is 3.59. The summed E-state index contributed by atoms with van der Waals surface area (Å²) in [5.74, 6) is 0.141. The highest BCUT2D eigenvalue weighted by Crippen LogP contribution is 2.12. The largest absolute Gasteiger partial charge is 0.340 e. The summed E-state index contributed by atoms with van der Waals surface area (Å²) in [4.78, 5) is 17.0. The molecule has 7 heteroatoms. The van der Waals surface area contributed by atoms with Gasteiger partial charge in [0.1, 0.15) is 6.54 Å². The molecule has 0 spiro atoms. The molecule has 146 valence electrons. The van der Waals surface area contributed by atoms with Crippen molar-refractivity contribution >= 4 is 5.91 Å². The molecule has 7 nitrogen and oxygen atoms in total. The molecule has 1 aliphatic heterocycles. The van der Waals surface area contributed by atoms with Crippen LogP contribution in [0.2, 0.25) is 0 Å². The lowest BCUT2D eigenvalue weighted by Crippen LogP contribution is -2.37. The van der Waals surface area contributed by atoms with E-state index in [-0.39, 0.29) is 5.91 Å². The zero-order chi connectivity index (χ0) is 19.3. The maximum Gasteiger partial charge on any atom is 0.244 e. The maximum absolute atomic E-state index is 12.6. The van der Waals surface area contributed by atoms with Crippen molar-refractivity contribution in [3.63, 3.8) is 0 Å². The van der Waals surface area contributed by atoms with Crippen molar-refractivity contribution in [1.82, 2.24) is 29.4 Å². The summed E-state index contributed by atoms with van der Waals surface area (Å²) in [6, 6.07) is 12.1. The number of hydrogen-bond acceptors (Lipinski definition) is 4. The van der Waals surface area contributed by atoms with Gasteiger partial charge in [0.05, 0.1) is 17.6 Å². The van der Waals surface area contributed by atoms with E-state index >= 15 is 0 Å². The third kappa shape index (κ3) is 4.48. The molecule has 0 N–H and O–H groups in total. The van der Waals surface area contributed by atoms with Gasteiger partial charge in [0.2, 0.25) is 5.91 Å². The molecule has 3 aromatic rings. The predicted octanol–water partition coefficient (Wildman–Crippen LogP) is 2.11. The molecule has 0 aliphatic carbocycles. The van der Waals surface area contributed by atoms with Gasteiger partial charge in [-0.3, -0.25) is 14.4 Å². The Morgan fingerprint density at radius 2 is 1.93 bits per heavy atom. The fraction of sp³-hybridized carbons (Fsp3) is 0.381. The normalized spacial score (nSPS) is 15.5. The van der Waals surface area contributed by atoms with E-state index in [1.165, 1.54) is 5.56 Å². The second-order valence-electron chi connectivity index (χ2n) is 7.29. The van der Waals surface area contributed by atoms with Crippen LogP contribution in [0.15, 0.2) is 55.0 Å². The van der Waals surface area contributed by atoms with Crippen molar-refractivity contribution < 1.29 is 4.79 Å². The number of para-hydroxylation sites is 1. The van der Waals surface area contributed by atoms with E-state index in [0.717, 1.165) is 50.5 Å². The zero-order valence-electron chi connectivity index (χ0n) is 16.2. The molecular formula is C21H26N6O. The van der Waals surface area contributed by atoms with Gasteiger partial charge in [-0.15, -0.1) is 0 Å². The average molecular weight is 378 g/mol. The van der Waals surface area contributed by atoms with E-state index in [1.54, 1.807) is 4.68 Å². The van der Waals surface area contributed by atoms with Crippen molar-refractivity contribution in [3.8, 4) is 5.69 Å². The molecule has 2 aromatic heterocycles. The molecular weight excluding hydrogens is 352 g/mol. The highest BCUT2D eigenvalue weighted by atomic mass is 16.2. The summed E-state index contributed by atoms with van der Waals surface area (Å²) < 4.78 is 3.63. The van der Waals surface area contributed by atoms with Gasteiger partial charge in [0.25, 0.3) is 0 Å². The Balaban J connectivity index is 1.32. The summed E-state index contributed by atoms with van der Waals surface area (Å²) in [5, 5.41) is 8.80. The van der Waals surface area contributed by atoms with E-state index < -0.39 is 0 Å². The lowest BCUT2D eigenvalue weighted by atomic mass is 10.3. The number of hydrogen-bond donors (Lipinski definition) is 0. The Labute approximate surface area is 165 Å². The number of aryl methyl sites for hydroxylation is 1. The quantitative estimate of drug-likeness (QED) is 0.682. The molecule has 0 radical (unpaired) electrons. The lowest BCUT2D eigenvalue weighted by Gasteiger charge is -2.21. The summed E-state index contributed by atoms with van der Waals surface area (Å²) in [5.41, 5.74) is 3.19. The van der Waals surface area contributed by atoms with Crippen molar-refractivity contribution in [2.45, 2.75) is 26.4 Å². The van der Waals surface area contributed by atoms with Crippen LogP contribution < -0.4 is 0 Å². The Hall–Kier alpha value is -2.93. The van der Waals surface area contributed by atoms with Gasteiger partial charge in [0, 0.05) is 50.7 Å². The minimum atomic E-state index is 0.141. The van der Waals surface area contributed by atoms with Crippen LogP contribution in [0.4, 0.5) is 0 Å². The third-order valence-electron chi connectivity index (χ3n) is 5.08. The summed E-state index contributed by atoms with van der Waals surface area (Å²) >= 11 is 0. The third-order valence-corrected chi connectivity index (χ3v) is 5.08. The van der Waals surface area contributed by atoms with Crippen molar-refractivity contribution in [2.75, 3.05) is 26.2 Å². The SMILES string of the molecule is Cc1ccn(CC(=O)N2CCCN(Cc3cnn(-c4ccccc4)c3)CC2)n1. The molecule has 3 heterocycles. The second-order valence-corrected chi connectivity index (χ2v) is 7.29. The number of aromatic nitrogens is 4. The summed E-state index contributed by atoms with van der Waals surface area (Å²) in [6.45, 7) is 6.53. The number of rotatable bonds is 5. The van der Waals surface area contributed by atoms with Gasteiger partial charge in [0.15, 0.2) is 0 Å². The van der Waals surface area contributed by atoms with Crippen molar-refractivity contribution in [2.24, 2.45) is 0 Å². The molecule has 0 saturated carbocycles. The predicted molar refractivity (Wildman–Crippen MR) is 107 cm³/mol. The van der Waals surface area contributed by atoms with Crippen LogP contribution in [0.1, 0.15) is 17.7 Å². The molecule has 28 heavy (non-hydrogen) atoms. The van der Waals surface area contributed by atoms with Crippen molar-refractivity contribution in [1.29, 1.82) is 0 Å². The maximum atomic E-state index is 12.6. The Kier molecular flexibility index (Phi) is 5.53. The van der Waals surface area contributed by atoms with Crippen molar-refractivity contribution in [3.05, 3.63) is 66.2 Å². The smallest absolute Gasteiger partial charge is 0.244 e.